The van der Waals surface area contributed by atoms with Crippen molar-refractivity contribution in [3.05, 3.63) is 66.9 Å². The van der Waals surface area contributed by atoms with Crippen molar-refractivity contribution in [3.8, 4) is 5.69 Å². The standard InChI is InChI=1S/C18H16N6OS/c25-18(12-26-17-10-20-16-6-2-1-5-15(16)17)21-8-13-11-24(23-22-13)14-4-3-7-19-9-14/h1-7,9-11,20H,8,12H2,(H,21,25). The van der Waals surface area contributed by atoms with Gasteiger partial charge in [0.15, 0.2) is 0 Å². The lowest BCUT2D eigenvalue weighted by Crippen LogP contribution is -2.24. The lowest BCUT2D eigenvalue weighted by atomic mass is 10.2. The molecule has 0 bridgehead atoms. The van der Waals surface area contributed by atoms with Crippen LogP contribution in [0, 0.1) is 0 Å². The Balaban J connectivity index is 1.31. The second kappa shape index (κ2) is 7.40. The van der Waals surface area contributed by atoms with Crippen LogP contribution in [-0.4, -0.2) is 36.6 Å². The van der Waals surface area contributed by atoms with Gasteiger partial charge in [0.05, 0.1) is 30.4 Å². The number of carbonyl (C=O) groups is 1. The van der Waals surface area contributed by atoms with Gasteiger partial charge in [-0.25, -0.2) is 4.68 Å². The fraction of sp³-hybridized carbons (Fsp3) is 0.111. The Bertz CT molecular complexity index is 1030. The molecular formula is C18H16N6OS. The molecule has 0 saturated heterocycles. The number of para-hydroxylation sites is 1. The predicted molar refractivity (Wildman–Crippen MR) is 100 cm³/mol. The molecular weight excluding hydrogens is 348 g/mol. The van der Waals surface area contributed by atoms with Crippen molar-refractivity contribution in [1.82, 2.24) is 30.3 Å². The van der Waals surface area contributed by atoms with Crippen molar-refractivity contribution >= 4 is 28.6 Å². The molecule has 4 aromatic rings. The highest BCUT2D eigenvalue weighted by Crippen LogP contribution is 2.27. The van der Waals surface area contributed by atoms with E-state index in [1.165, 1.54) is 11.8 Å². The van der Waals surface area contributed by atoms with Crippen molar-refractivity contribution in [1.29, 1.82) is 0 Å². The van der Waals surface area contributed by atoms with Gasteiger partial charge in [-0.3, -0.25) is 9.78 Å². The number of nitrogens with one attached hydrogen (secondary N) is 2. The smallest absolute Gasteiger partial charge is 0.230 e. The van der Waals surface area contributed by atoms with Crippen LogP contribution in [-0.2, 0) is 11.3 Å². The SMILES string of the molecule is O=C(CSc1c[nH]c2ccccc12)NCc1cn(-c2cccnc2)nn1. The summed E-state index contributed by atoms with van der Waals surface area (Å²) in [7, 11) is 0. The number of aromatic nitrogens is 5. The van der Waals surface area contributed by atoms with Crippen LogP contribution in [0.2, 0.25) is 0 Å². The highest BCUT2D eigenvalue weighted by Gasteiger charge is 2.09. The number of fused-ring (bicyclic) bond motifs is 1. The number of H-pyrrole nitrogens is 1. The Morgan fingerprint density at radius 1 is 1.23 bits per heavy atom. The summed E-state index contributed by atoms with van der Waals surface area (Å²) < 4.78 is 1.63. The van der Waals surface area contributed by atoms with Crippen molar-refractivity contribution in [3.63, 3.8) is 0 Å². The molecule has 0 aliphatic carbocycles. The fourth-order valence-corrected chi connectivity index (χ4v) is 3.41. The minimum absolute atomic E-state index is 0.0452. The van der Waals surface area contributed by atoms with Crippen molar-refractivity contribution < 1.29 is 4.79 Å². The van der Waals surface area contributed by atoms with Gasteiger partial charge in [-0.1, -0.05) is 23.4 Å². The van der Waals surface area contributed by atoms with Crippen LogP contribution in [0.4, 0.5) is 0 Å². The molecule has 4 rings (SSSR count). The van der Waals surface area contributed by atoms with E-state index in [9.17, 15) is 4.79 Å². The fourth-order valence-electron chi connectivity index (χ4n) is 2.54. The van der Waals surface area contributed by atoms with Gasteiger partial charge in [-0.2, -0.15) is 0 Å². The summed E-state index contributed by atoms with van der Waals surface area (Å²) in [4.78, 5) is 20.4. The molecule has 26 heavy (non-hydrogen) atoms. The van der Waals surface area contributed by atoms with E-state index in [1.54, 1.807) is 23.3 Å². The van der Waals surface area contributed by atoms with Gasteiger partial charge < -0.3 is 10.3 Å². The van der Waals surface area contributed by atoms with Gasteiger partial charge in [0.1, 0.15) is 5.69 Å². The third-order valence-corrected chi connectivity index (χ3v) is 4.88. The largest absolute Gasteiger partial charge is 0.360 e. The van der Waals surface area contributed by atoms with E-state index >= 15 is 0 Å². The lowest BCUT2D eigenvalue weighted by molar-refractivity contribution is -0.118. The van der Waals surface area contributed by atoms with E-state index in [4.69, 9.17) is 0 Å². The predicted octanol–water partition coefficient (Wildman–Crippen LogP) is 2.55. The summed E-state index contributed by atoms with van der Waals surface area (Å²) in [6.45, 7) is 0.341. The Hall–Kier alpha value is -3.13. The normalized spacial score (nSPS) is 10.9. The van der Waals surface area contributed by atoms with Crippen LogP contribution in [0.1, 0.15) is 5.69 Å². The summed E-state index contributed by atoms with van der Waals surface area (Å²) in [5.41, 5.74) is 2.59. The first-order valence-corrected chi connectivity index (χ1v) is 9.05. The number of hydrogen-bond donors (Lipinski definition) is 2. The quantitative estimate of drug-likeness (QED) is 0.513. The highest BCUT2D eigenvalue weighted by molar-refractivity contribution is 8.00. The molecule has 130 valence electrons. The maximum Gasteiger partial charge on any atom is 0.230 e. The molecule has 3 aromatic heterocycles. The van der Waals surface area contributed by atoms with E-state index in [0.29, 0.717) is 18.0 Å². The monoisotopic (exact) mass is 364 g/mol. The van der Waals surface area contributed by atoms with Crippen LogP contribution >= 0.6 is 11.8 Å². The molecule has 2 N–H and O–H groups in total. The molecule has 8 heteroatoms. The zero-order valence-corrected chi connectivity index (χ0v) is 14.6. The van der Waals surface area contributed by atoms with Crippen molar-refractivity contribution in [2.24, 2.45) is 0 Å². The molecule has 0 saturated carbocycles. The Morgan fingerprint density at radius 3 is 3.04 bits per heavy atom. The van der Waals surface area contributed by atoms with Gasteiger partial charge in [0, 0.05) is 28.2 Å². The average Bonchev–Trinajstić information content (AvgIpc) is 3.33. The zero-order valence-electron chi connectivity index (χ0n) is 13.8. The summed E-state index contributed by atoms with van der Waals surface area (Å²) in [6.07, 6.45) is 7.12. The van der Waals surface area contributed by atoms with Crippen molar-refractivity contribution in [2.75, 3.05) is 5.75 Å². The van der Waals surface area contributed by atoms with Crippen LogP contribution in [0.25, 0.3) is 16.6 Å². The van der Waals surface area contributed by atoms with Gasteiger partial charge in [0.2, 0.25) is 5.91 Å². The summed E-state index contributed by atoms with van der Waals surface area (Å²) in [5.74, 6) is 0.301. The third-order valence-electron chi connectivity index (χ3n) is 3.83. The number of nitrogens with zero attached hydrogens (tertiary/aromatic N) is 4. The minimum atomic E-state index is -0.0452. The Kier molecular flexibility index (Phi) is 4.65. The molecule has 0 unspecified atom stereocenters. The van der Waals surface area contributed by atoms with Gasteiger partial charge >= 0.3 is 0 Å². The first kappa shape index (κ1) is 16.3. The topological polar surface area (TPSA) is 88.5 Å². The van der Waals surface area contributed by atoms with E-state index < -0.39 is 0 Å². The number of carbonyl (C=O) groups excluding carboxylic acids is 1. The zero-order chi connectivity index (χ0) is 17.8. The molecule has 3 heterocycles. The molecule has 0 atom stereocenters. The van der Waals surface area contributed by atoms with Gasteiger partial charge in [-0.15, -0.1) is 16.9 Å². The maximum atomic E-state index is 12.1. The summed E-state index contributed by atoms with van der Waals surface area (Å²) >= 11 is 1.51. The van der Waals surface area contributed by atoms with Gasteiger partial charge in [-0.05, 0) is 18.2 Å². The summed E-state index contributed by atoms with van der Waals surface area (Å²) in [5, 5.41) is 12.1. The van der Waals surface area contributed by atoms with Crippen LogP contribution in [0.5, 0.6) is 0 Å². The number of aromatic amines is 1. The van der Waals surface area contributed by atoms with E-state index in [-0.39, 0.29) is 5.91 Å². The lowest BCUT2D eigenvalue weighted by Gasteiger charge is -2.02. The first-order chi connectivity index (χ1) is 12.8. The Labute approximate surface area is 153 Å². The Morgan fingerprint density at radius 2 is 2.15 bits per heavy atom. The number of rotatable bonds is 6. The molecule has 7 nitrogen and oxygen atoms in total. The maximum absolute atomic E-state index is 12.1. The van der Waals surface area contributed by atoms with E-state index in [1.807, 2.05) is 42.6 Å². The average molecular weight is 364 g/mol. The van der Waals surface area contributed by atoms with Crippen molar-refractivity contribution in [2.45, 2.75) is 11.4 Å². The molecule has 0 spiro atoms. The molecule has 0 aliphatic heterocycles. The molecule has 1 amide bonds. The molecule has 1 aromatic carbocycles. The van der Waals surface area contributed by atoms with Crippen LogP contribution in [0.15, 0.2) is 66.1 Å². The van der Waals surface area contributed by atoms with Gasteiger partial charge in [0.25, 0.3) is 0 Å². The molecule has 0 radical (unpaired) electrons. The number of amides is 1. The van der Waals surface area contributed by atoms with Crippen LogP contribution in [0.3, 0.4) is 0 Å². The number of pyridine rings is 1. The number of thioether (sulfide) groups is 1. The first-order valence-electron chi connectivity index (χ1n) is 8.07. The minimum Gasteiger partial charge on any atom is -0.360 e. The molecule has 0 aliphatic rings. The van der Waals surface area contributed by atoms with E-state index in [2.05, 4.69) is 25.6 Å². The van der Waals surface area contributed by atoms with E-state index in [0.717, 1.165) is 21.5 Å². The second-order valence-electron chi connectivity index (χ2n) is 5.63. The van der Waals surface area contributed by atoms with Crippen LogP contribution < -0.4 is 5.32 Å². The number of hydrogen-bond acceptors (Lipinski definition) is 5. The molecule has 0 fully saturated rings. The third kappa shape index (κ3) is 3.60. The summed E-state index contributed by atoms with van der Waals surface area (Å²) in [6, 6.07) is 11.8. The number of benzene rings is 1. The highest BCUT2D eigenvalue weighted by atomic mass is 32.2. The second-order valence-corrected chi connectivity index (χ2v) is 6.65.